The summed E-state index contributed by atoms with van der Waals surface area (Å²) >= 11 is 2.27. The zero-order valence-electron chi connectivity index (χ0n) is 17.8. The fourth-order valence-corrected chi connectivity index (χ4v) is 3.91. The maximum Gasteiger partial charge on any atom is 0.333 e. The van der Waals surface area contributed by atoms with Crippen LogP contribution in [0.3, 0.4) is 0 Å². The quantitative estimate of drug-likeness (QED) is 0.358. The molecule has 7 heteroatoms. The van der Waals surface area contributed by atoms with E-state index >= 15 is 0 Å². The van der Waals surface area contributed by atoms with E-state index in [1.165, 1.54) is 0 Å². The van der Waals surface area contributed by atoms with Gasteiger partial charge in [-0.1, -0.05) is 24.3 Å². The van der Waals surface area contributed by atoms with Crippen LogP contribution in [0.5, 0.6) is 11.5 Å². The van der Waals surface area contributed by atoms with Gasteiger partial charge >= 0.3 is 5.97 Å². The Balaban J connectivity index is 1.89. The van der Waals surface area contributed by atoms with Gasteiger partial charge in [0.2, 0.25) is 0 Å². The largest absolute Gasteiger partial charge is 0.490 e. The summed E-state index contributed by atoms with van der Waals surface area (Å²) in [7, 11) is 0. The minimum atomic E-state index is -0.988. The Kier molecular flexibility index (Phi) is 8.09. The molecule has 1 aromatic heterocycles. The van der Waals surface area contributed by atoms with E-state index < -0.39 is 12.1 Å². The monoisotopic (exact) mass is 535 g/mol. The summed E-state index contributed by atoms with van der Waals surface area (Å²) in [5.74, 6) is 0.387. The van der Waals surface area contributed by atoms with E-state index in [1.807, 2.05) is 56.3 Å². The summed E-state index contributed by atoms with van der Waals surface area (Å²) in [5.41, 5.74) is 2.50. The van der Waals surface area contributed by atoms with Crippen LogP contribution in [0.2, 0.25) is 0 Å². The molecule has 31 heavy (non-hydrogen) atoms. The van der Waals surface area contributed by atoms with Gasteiger partial charge in [-0.3, -0.25) is 4.98 Å². The lowest BCUT2D eigenvalue weighted by molar-refractivity contribution is -0.149. The Morgan fingerprint density at radius 1 is 1.13 bits per heavy atom. The van der Waals surface area contributed by atoms with Crippen LogP contribution in [0.1, 0.15) is 31.9 Å². The third kappa shape index (κ3) is 5.86. The van der Waals surface area contributed by atoms with Crippen LogP contribution in [0.15, 0.2) is 48.7 Å². The summed E-state index contributed by atoms with van der Waals surface area (Å²) in [6, 6.07) is 13.4. The highest BCUT2D eigenvalue weighted by molar-refractivity contribution is 14.1. The maximum atomic E-state index is 11.5. The van der Waals surface area contributed by atoms with Gasteiger partial charge < -0.3 is 19.3 Å². The molecular weight excluding hydrogens is 509 g/mol. The molecule has 0 saturated heterocycles. The van der Waals surface area contributed by atoms with Gasteiger partial charge in [-0.15, -0.1) is 0 Å². The summed E-state index contributed by atoms with van der Waals surface area (Å²) in [4.78, 5) is 16.1. The van der Waals surface area contributed by atoms with Gasteiger partial charge in [0, 0.05) is 28.2 Å². The molecule has 0 aliphatic rings. The van der Waals surface area contributed by atoms with Gasteiger partial charge in [-0.25, -0.2) is 4.79 Å². The number of benzene rings is 2. The van der Waals surface area contributed by atoms with E-state index in [0.29, 0.717) is 12.4 Å². The van der Waals surface area contributed by atoms with Crippen molar-refractivity contribution in [2.24, 2.45) is 0 Å². The third-order valence-electron chi connectivity index (χ3n) is 4.63. The van der Waals surface area contributed by atoms with E-state index in [4.69, 9.17) is 14.2 Å². The molecule has 0 aliphatic carbocycles. The van der Waals surface area contributed by atoms with Gasteiger partial charge in [0.05, 0.1) is 17.2 Å². The minimum Gasteiger partial charge on any atom is -0.490 e. The summed E-state index contributed by atoms with van der Waals surface area (Å²) in [6.07, 6.45) is 1.09. The van der Waals surface area contributed by atoms with Crippen LogP contribution in [-0.4, -0.2) is 34.9 Å². The van der Waals surface area contributed by atoms with Crippen LogP contribution in [-0.2, 0) is 22.6 Å². The molecule has 0 amide bonds. The zero-order valence-corrected chi connectivity index (χ0v) is 20.0. The molecule has 0 fully saturated rings. The van der Waals surface area contributed by atoms with E-state index in [-0.39, 0.29) is 19.1 Å². The number of para-hydroxylation sites is 2. The summed E-state index contributed by atoms with van der Waals surface area (Å²) in [5, 5.41) is 10.4. The van der Waals surface area contributed by atoms with Crippen molar-refractivity contribution in [1.29, 1.82) is 0 Å². The lowest BCUT2D eigenvalue weighted by Crippen LogP contribution is -2.26. The van der Waals surface area contributed by atoms with Crippen molar-refractivity contribution in [3.63, 3.8) is 0 Å². The van der Waals surface area contributed by atoms with Crippen LogP contribution in [0.25, 0.3) is 10.9 Å². The number of aliphatic carboxylic acids is 1. The fourth-order valence-electron chi connectivity index (χ4n) is 3.27. The second kappa shape index (κ2) is 10.8. The molecule has 3 rings (SSSR count). The van der Waals surface area contributed by atoms with E-state index in [0.717, 1.165) is 31.3 Å². The molecule has 0 radical (unpaired) electrons. The fraction of sp³-hybridized carbons (Fsp3) is 0.333. The van der Waals surface area contributed by atoms with Gasteiger partial charge in [-0.2, -0.15) is 0 Å². The number of aromatic nitrogens is 1. The van der Waals surface area contributed by atoms with Gasteiger partial charge in [-0.05, 0) is 67.1 Å². The number of rotatable bonds is 10. The highest BCUT2D eigenvalue weighted by atomic mass is 127. The average molecular weight is 535 g/mol. The number of carbonyl (C=O) groups is 1. The number of hydrogen-bond acceptors (Lipinski definition) is 5. The Labute approximate surface area is 195 Å². The van der Waals surface area contributed by atoms with Crippen molar-refractivity contribution in [3.8, 4) is 11.5 Å². The SMILES string of the molecule is CCOC(Cc1ccccc1OCc1cnc2c(I)cccc2c1OC(C)C)C(=O)O. The Hall–Kier alpha value is -2.39. The number of carboxylic acids is 1. The molecule has 1 N–H and O–H groups in total. The second-order valence-electron chi connectivity index (χ2n) is 7.30. The summed E-state index contributed by atoms with van der Waals surface area (Å²) in [6.45, 7) is 6.33. The van der Waals surface area contributed by atoms with Crippen molar-refractivity contribution in [2.75, 3.05) is 6.61 Å². The first-order valence-electron chi connectivity index (χ1n) is 10.2. The topological polar surface area (TPSA) is 77.9 Å². The van der Waals surface area contributed by atoms with Crippen molar-refractivity contribution in [2.45, 2.75) is 46.0 Å². The lowest BCUT2D eigenvalue weighted by atomic mass is 10.1. The predicted molar refractivity (Wildman–Crippen MR) is 128 cm³/mol. The molecule has 0 spiro atoms. The standard InChI is InChI=1S/C24H26INO5/c1-4-29-21(24(27)28)12-16-8-5-6-11-20(16)30-14-17-13-26-22-18(9-7-10-19(22)25)23(17)31-15(2)3/h5-11,13,15,21H,4,12,14H2,1-3H3,(H,27,28). The number of ether oxygens (including phenoxy) is 3. The molecular formula is C24H26INO5. The van der Waals surface area contributed by atoms with E-state index in [1.54, 1.807) is 13.1 Å². The first-order chi connectivity index (χ1) is 14.9. The average Bonchev–Trinajstić information content (AvgIpc) is 2.73. The Morgan fingerprint density at radius 3 is 2.61 bits per heavy atom. The summed E-state index contributed by atoms with van der Waals surface area (Å²) < 4.78 is 18.7. The minimum absolute atomic E-state index is 0.00276. The number of fused-ring (bicyclic) bond motifs is 1. The van der Waals surface area contributed by atoms with Crippen LogP contribution >= 0.6 is 22.6 Å². The van der Waals surface area contributed by atoms with Crippen LogP contribution in [0, 0.1) is 3.57 Å². The molecule has 3 aromatic rings. The molecule has 1 heterocycles. The predicted octanol–water partition coefficient (Wildman–Crippen LogP) is 5.24. The molecule has 6 nitrogen and oxygen atoms in total. The van der Waals surface area contributed by atoms with Crippen molar-refractivity contribution < 1.29 is 24.1 Å². The van der Waals surface area contributed by atoms with Gasteiger partial charge in [0.1, 0.15) is 18.1 Å². The molecule has 0 bridgehead atoms. The number of halogens is 1. The highest BCUT2D eigenvalue weighted by Gasteiger charge is 2.20. The molecule has 0 aliphatic heterocycles. The molecule has 1 atom stereocenters. The Morgan fingerprint density at radius 2 is 1.90 bits per heavy atom. The Bertz CT molecular complexity index is 1050. The van der Waals surface area contributed by atoms with Crippen LogP contribution in [0.4, 0.5) is 0 Å². The molecule has 164 valence electrons. The van der Waals surface area contributed by atoms with Crippen LogP contribution < -0.4 is 9.47 Å². The normalized spacial score (nSPS) is 12.2. The maximum absolute atomic E-state index is 11.5. The molecule has 2 aromatic carbocycles. The third-order valence-corrected chi connectivity index (χ3v) is 5.50. The molecule has 1 unspecified atom stereocenters. The van der Waals surface area contributed by atoms with Crippen molar-refractivity contribution >= 4 is 39.5 Å². The number of nitrogens with zero attached hydrogens (tertiary/aromatic N) is 1. The van der Waals surface area contributed by atoms with Gasteiger partial charge in [0.25, 0.3) is 0 Å². The van der Waals surface area contributed by atoms with E-state index in [2.05, 4.69) is 27.6 Å². The second-order valence-corrected chi connectivity index (χ2v) is 8.46. The van der Waals surface area contributed by atoms with Crippen molar-refractivity contribution in [1.82, 2.24) is 4.98 Å². The smallest absolute Gasteiger partial charge is 0.333 e. The number of hydrogen-bond donors (Lipinski definition) is 1. The number of pyridine rings is 1. The zero-order chi connectivity index (χ0) is 22.4. The van der Waals surface area contributed by atoms with Gasteiger partial charge in [0.15, 0.2) is 6.10 Å². The molecule has 0 saturated carbocycles. The van der Waals surface area contributed by atoms with E-state index in [9.17, 15) is 9.90 Å². The first-order valence-corrected chi connectivity index (χ1v) is 11.3. The van der Waals surface area contributed by atoms with Crippen molar-refractivity contribution in [3.05, 3.63) is 63.4 Å². The highest BCUT2D eigenvalue weighted by Crippen LogP contribution is 2.33. The first kappa shape index (κ1) is 23.3. The lowest BCUT2D eigenvalue weighted by Gasteiger charge is -2.19. The number of carboxylic acid groups (broad SMARTS) is 1.